The van der Waals surface area contributed by atoms with Gasteiger partial charge in [0, 0.05) is 21.2 Å². The van der Waals surface area contributed by atoms with Crippen LogP contribution in [0.4, 0.5) is 0 Å². The van der Waals surface area contributed by atoms with E-state index in [0.717, 1.165) is 11.1 Å². The number of hydrogen-bond donors (Lipinski definition) is 1. The lowest BCUT2D eigenvalue weighted by molar-refractivity contribution is 0.0954. The van der Waals surface area contributed by atoms with Crippen LogP contribution in [0, 0.1) is 0 Å². The lowest BCUT2D eigenvalue weighted by Crippen LogP contribution is -2.17. The average molecular weight is 614 g/mol. The maximum atomic E-state index is 12.8. The number of amides is 1. The number of hydrazone groups is 1. The van der Waals surface area contributed by atoms with Crippen LogP contribution in [0.5, 0.6) is 23.0 Å². The topological polar surface area (TPSA) is 78.4 Å². The minimum Gasteiger partial charge on any atom is -0.493 e. The molecule has 10 heteroatoms. The molecule has 4 aromatic rings. The molecule has 0 bridgehead atoms. The molecule has 212 valence electrons. The summed E-state index contributed by atoms with van der Waals surface area (Å²) in [5.74, 6) is 1.32. The number of carbonyl (C=O) groups is 1. The van der Waals surface area contributed by atoms with Gasteiger partial charge < -0.3 is 18.9 Å². The number of carbonyl (C=O) groups excluding carboxylic acids is 1. The zero-order valence-electron chi connectivity index (χ0n) is 22.3. The van der Waals surface area contributed by atoms with Crippen LogP contribution in [-0.2, 0) is 13.2 Å². The maximum absolute atomic E-state index is 12.8. The van der Waals surface area contributed by atoms with Gasteiger partial charge in [-0.3, -0.25) is 4.79 Å². The molecule has 0 saturated heterocycles. The Labute approximate surface area is 253 Å². The Morgan fingerprint density at radius 2 is 1.63 bits per heavy atom. The summed E-state index contributed by atoms with van der Waals surface area (Å²) in [4.78, 5) is 12.8. The molecule has 41 heavy (non-hydrogen) atoms. The summed E-state index contributed by atoms with van der Waals surface area (Å²) >= 11 is 18.7. The summed E-state index contributed by atoms with van der Waals surface area (Å²) in [6.45, 7) is 2.82. The van der Waals surface area contributed by atoms with Crippen LogP contribution in [0.3, 0.4) is 0 Å². The smallest absolute Gasteiger partial charge is 0.271 e. The molecule has 7 nitrogen and oxygen atoms in total. The third-order valence-corrected chi connectivity index (χ3v) is 6.63. The second-order valence-electron chi connectivity index (χ2n) is 8.63. The van der Waals surface area contributed by atoms with Crippen LogP contribution < -0.4 is 24.4 Å². The third kappa shape index (κ3) is 8.30. The number of benzene rings is 4. The Balaban J connectivity index is 1.41. The fraction of sp³-hybridized carbons (Fsp3) is 0.161. The van der Waals surface area contributed by atoms with Crippen molar-refractivity contribution >= 4 is 46.9 Å². The zero-order valence-corrected chi connectivity index (χ0v) is 24.6. The molecule has 0 aliphatic rings. The Morgan fingerprint density at radius 3 is 2.37 bits per heavy atom. The van der Waals surface area contributed by atoms with Crippen LogP contribution in [0.2, 0.25) is 15.1 Å². The summed E-state index contributed by atoms with van der Waals surface area (Å²) < 4.78 is 23.0. The molecule has 0 spiro atoms. The molecular weight excluding hydrogens is 587 g/mol. The van der Waals surface area contributed by atoms with Crippen LogP contribution in [-0.4, -0.2) is 25.8 Å². The van der Waals surface area contributed by atoms with Gasteiger partial charge in [-0.25, -0.2) is 5.43 Å². The molecule has 4 aromatic carbocycles. The molecule has 0 heterocycles. The van der Waals surface area contributed by atoms with Crippen molar-refractivity contribution in [2.24, 2.45) is 5.10 Å². The van der Waals surface area contributed by atoms with Gasteiger partial charge in [0.05, 0.1) is 25.0 Å². The first-order valence-electron chi connectivity index (χ1n) is 12.6. The Hall–Kier alpha value is -3.91. The highest BCUT2D eigenvalue weighted by atomic mass is 35.5. The average Bonchev–Trinajstić information content (AvgIpc) is 2.97. The van der Waals surface area contributed by atoms with Gasteiger partial charge in [-0.1, -0.05) is 71.2 Å². The molecule has 0 saturated carbocycles. The Morgan fingerprint density at radius 1 is 0.829 bits per heavy atom. The van der Waals surface area contributed by atoms with Crippen LogP contribution >= 0.6 is 34.8 Å². The van der Waals surface area contributed by atoms with Gasteiger partial charge in [-0.05, 0) is 60.5 Å². The normalized spacial score (nSPS) is 10.9. The fourth-order valence-electron chi connectivity index (χ4n) is 3.75. The minimum absolute atomic E-state index is 0.162. The predicted octanol–water partition coefficient (Wildman–Crippen LogP) is 7.98. The van der Waals surface area contributed by atoms with E-state index in [-0.39, 0.29) is 6.61 Å². The zero-order chi connectivity index (χ0) is 29.2. The SMILES string of the molecule is CCOc1cc(C(=O)N/N=C/c2cc(Cl)c(OCc3ccc(Cl)cc3Cl)c(OC)c2)ccc1OCc1ccccc1. The summed E-state index contributed by atoms with van der Waals surface area (Å²) in [6.07, 6.45) is 1.45. The standard InChI is InChI=1S/C31H27Cl3N2O5/c1-3-39-28-15-22(10-12-27(28)40-18-20-7-5-4-6-8-20)31(37)36-35-17-21-13-26(34)30(29(14-21)38-2)41-19-23-9-11-24(32)16-25(23)33/h4-17H,3,18-19H2,1-2H3,(H,36,37)/b35-17+. The molecule has 1 N–H and O–H groups in total. The van der Waals surface area contributed by atoms with Gasteiger partial charge in [0.15, 0.2) is 23.0 Å². The van der Waals surface area contributed by atoms with Gasteiger partial charge in [0.1, 0.15) is 13.2 Å². The van der Waals surface area contributed by atoms with Gasteiger partial charge in [-0.15, -0.1) is 0 Å². The molecule has 0 radical (unpaired) electrons. The summed E-state index contributed by atoms with van der Waals surface area (Å²) in [6, 6.07) is 23.2. The van der Waals surface area contributed by atoms with E-state index in [2.05, 4.69) is 10.5 Å². The summed E-state index contributed by atoms with van der Waals surface area (Å²) in [5, 5.41) is 5.38. The number of nitrogens with one attached hydrogen (secondary N) is 1. The highest BCUT2D eigenvalue weighted by Crippen LogP contribution is 2.37. The van der Waals surface area contributed by atoms with Crippen molar-refractivity contribution in [1.82, 2.24) is 5.43 Å². The van der Waals surface area contributed by atoms with Gasteiger partial charge in [0.2, 0.25) is 0 Å². The number of methoxy groups -OCH3 is 1. The molecule has 1 amide bonds. The van der Waals surface area contributed by atoms with Gasteiger partial charge in [-0.2, -0.15) is 5.10 Å². The van der Waals surface area contributed by atoms with E-state index in [0.29, 0.717) is 62.4 Å². The van der Waals surface area contributed by atoms with E-state index in [1.54, 1.807) is 48.5 Å². The molecule has 0 fully saturated rings. The molecule has 0 aliphatic heterocycles. The number of hydrogen-bond acceptors (Lipinski definition) is 6. The van der Waals surface area contributed by atoms with Crippen molar-refractivity contribution in [3.8, 4) is 23.0 Å². The van der Waals surface area contributed by atoms with Crippen molar-refractivity contribution in [3.05, 3.63) is 116 Å². The molecule has 0 aliphatic carbocycles. The minimum atomic E-state index is -0.422. The lowest BCUT2D eigenvalue weighted by Gasteiger charge is -2.14. The highest BCUT2D eigenvalue weighted by molar-refractivity contribution is 6.35. The molecular formula is C31H27Cl3N2O5. The van der Waals surface area contributed by atoms with E-state index in [9.17, 15) is 4.79 Å². The third-order valence-electron chi connectivity index (χ3n) is 5.76. The summed E-state index contributed by atoms with van der Waals surface area (Å²) in [5.41, 5.74) is 5.23. The first kappa shape index (κ1) is 30.1. The van der Waals surface area contributed by atoms with Gasteiger partial charge in [0.25, 0.3) is 5.91 Å². The molecule has 4 rings (SSSR count). The Kier molecular flexibility index (Phi) is 10.7. The number of halogens is 3. The maximum Gasteiger partial charge on any atom is 0.271 e. The first-order valence-corrected chi connectivity index (χ1v) is 13.7. The van der Waals surface area contributed by atoms with E-state index in [1.165, 1.54) is 13.3 Å². The second kappa shape index (κ2) is 14.6. The molecule has 0 unspecified atom stereocenters. The molecule has 0 aromatic heterocycles. The van der Waals surface area contributed by atoms with E-state index >= 15 is 0 Å². The van der Waals surface area contributed by atoms with Gasteiger partial charge >= 0.3 is 0 Å². The van der Waals surface area contributed by atoms with E-state index in [1.807, 2.05) is 37.3 Å². The quantitative estimate of drug-likeness (QED) is 0.129. The monoisotopic (exact) mass is 612 g/mol. The van der Waals surface area contributed by atoms with Crippen molar-refractivity contribution in [2.45, 2.75) is 20.1 Å². The van der Waals surface area contributed by atoms with Crippen molar-refractivity contribution in [3.63, 3.8) is 0 Å². The van der Waals surface area contributed by atoms with Crippen molar-refractivity contribution in [1.29, 1.82) is 0 Å². The largest absolute Gasteiger partial charge is 0.493 e. The van der Waals surface area contributed by atoms with Crippen LogP contribution in [0.1, 0.15) is 34.0 Å². The fourth-order valence-corrected chi connectivity index (χ4v) is 4.48. The first-order chi connectivity index (χ1) is 19.9. The van der Waals surface area contributed by atoms with Crippen LogP contribution in [0.25, 0.3) is 0 Å². The van der Waals surface area contributed by atoms with E-state index in [4.69, 9.17) is 53.8 Å². The Bertz CT molecular complexity index is 1530. The van der Waals surface area contributed by atoms with Crippen LogP contribution in [0.15, 0.2) is 84.0 Å². The summed E-state index contributed by atoms with van der Waals surface area (Å²) in [7, 11) is 1.50. The van der Waals surface area contributed by atoms with Crippen molar-refractivity contribution < 1.29 is 23.7 Å². The molecule has 0 atom stereocenters. The van der Waals surface area contributed by atoms with E-state index < -0.39 is 5.91 Å². The van der Waals surface area contributed by atoms with Crippen molar-refractivity contribution in [2.75, 3.05) is 13.7 Å². The number of nitrogens with zero attached hydrogens (tertiary/aromatic N) is 1. The number of ether oxygens (including phenoxy) is 4. The predicted molar refractivity (Wildman–Crippen MR) is 162 cm³/mol. The second-order valence-corrected chi connectivity index (χ2v) is 9.88. The lowest BCUT2D eigenvalue weighted by atomic mass is 10.2. The highest BCUT2D eigenvalue weighted by Gasteiger charge is 2.14. The number of rotatable bonds is 12.